The van der Waals surface area contributed by atoms with Gasteiger partial charge in [-0.05, 0) is 47.5 Å². The topological polar surface area (TPSA) is 161 Å². The largest absolute Gasteiger partial charge is 0.502 e. The van der Waals surface area contributed by atoms with Crippen molar-refractivity contribution in [3.63, 3.8) is 0 Å². The number of carbonyl (C=O) groups is 2. The molecule has 0 aliphatic heterocycles. The van der Waals surface area contributed by atoms with Crippen LogP contribution >= 0.6 is 0 Å². The van der Waals surface area contributed by atoms with Crippen LogP contribution in [0, 0.1) is 20.2 Å². The number of rotatable bonds is 7. The van der Waals surface area contributed by atoms with Crippen LogP contribution in [0.25, 0.3) is 11.1 Å². The number of nitro benzene ring substituents is 2. The van der Waals surface area contributed by atoms with E-state index in [1.807, 2.05) is 0 Å². The van der Waals surface area contributed by atoms with Crippen molar-refractivity contribution < 1.29 is 29.6 Å². The van der Waals surface area contributed by atoms with Gasteiger partial charge in [0.05, 0.1) is 9.85 Å². The maximum atomic E-state index is 13.0. The van der Waals surface area contributed by atoms with Crippen LogP contribution < -0.4 is 0 Å². The monoisotopic (exact) mass is 484 g/mol. The third-order valence-corrected chi connectivity index (χ3v) is 5.45. The lowest BCUT2D eigenvalue weighted by Crippen LogP contribution is -2.03. The van der Waals surface area contributed by atoms with E-state index < -0.39 is 44.3 Å². The molecule has 0 saturated carbocycles. The molecule has 4 rings (SSSR count). The molecule has 0 fully saturated rings. The van der Waals surface area contributed by atoms with Crippen molar-refractivity contribution in [2.75, 3.05) is 0 Å². The minimum Gasteiger partial charge on any atom is -0.502 e. The van der Waals surface area contributed by atoms with Crippen molar-refractivity contribution in [2.24, 2.45) is 0 Å². The SMILES string of the molecule is O=C(c1cccc(-c2cccc(C(=O)c3ccc(O)c([N+](=O)[O-])c3)c2)c1)c1ccc(O)c([N+](=O)[O-])c1. The summed E-state index contributed by atoms with van der Waals surface area (Å²) in [7, 11) is 0. The van der Waals surface area contributed by atoms with Gasteiger partial charge in [0.1, 0.15) is 0 Å². The van der Waals surface area contributed by atoms with Gasteiger partial charge in [0.2, 0.25) is 0 Å². The molecule has 4 aromatic rings. The molecule has 10 nitrogen and oxygen atoms in total. The van der Waals surface area contributed by atoms with Crippen molar-refractivity contribution in [1.82, 2.24) is 0 Å². The molecule has 0 bridgehead atoms. The van der Waals surface area contributed by atoms with Crippen LogP contribution in [0.4, 0.5) is 11.4 Å². The van der Waals surface area contributed by atoms with E-state index in [9.17, 15) is 40.0 Å². The Morgan fingerprint density at radius 2 is 0.917 bits per heavy atom. The molecular weight excluding hydrogens is 468 g/mol. The molecule has 2 N–H and O–H groups in total. The van der Waals surface area contributed by atoms with Gasteiger partial charge in [-0.25, -0.2) is 0 Å². The number of nitro groups is 2. The molecule has 178 valence electrons. The number of hydrogen-bond acceptors (Lipinski definition) is 8. The standard InChI is InChI=1S/C26H16N2O8/c29-23-9-7-19(13-21(23)27(33)34)25(31)17-5-1-3-15(11-17)16-4-2-6-18(12-16)26(32)20-8-10-24(30)22(14-20)28(35)36/h1-14,29-30H. The average Bonchev–Trinajstić information content (AvgIpc) is 2.88. The highest BCUT2D eigenvalue weighted by molar-refractivity contribution is 6.11. The summed E-state index contributed by atoms with van der Waals surface area (Å²) in [6.45, 7) is 0. The van der Waals surface area contributed by atoms with E-state index in [0.717, 1.165) is 24.3 Å². The summed E-state index contributed by atoms with van der Waals surface area (Å²) in [6.07, 6.45) is 0. The highest BCUT2D eigenvalue weighted by Crippen LogP contribution is 2.30. The number of ketones is 2. The zero-order valence-electron chi connectivity index (χ0n) is 18.3. The van der Waals surface area contributed by atoms with E-state index in [-0.39, 0.29) is 22.3 Å². The molecule has 0 amide bonds. The number of phenols is 2. The summed E-state index contributed by atoms with van der Waals surface area (Å²) in [4.78, 5) is 46.5. The summed E-state index contributed by atoms with van der Waals surface area (Å²) in [5.74, 6) is -2.09. The van der Waals surface area contributed by atoms with Gasteiger partial charge in [-0.3, -0.25) is 29.8 Å². The summed E-state index contributed by atoms with van der Waals surface area (Å²) in [6, 6.07) is 19.6. The van der Waals surface area contributed by atoms with Gasteiger partial charge in [0.15, 0.2) is 23.1 Å². The van der Waals surface area contributed by atoms with Gasteiger partial charge < -0.3 is 10.2 Å². The minimum absolute atomic E-state index is 0.0227. The van der Waals surface area contributed by atoms with E-state index in [1.165, 1.54) is 24.3 Å². The fourth-order valence-corrected chi connectivity index (χ4v) is 3.64. The lowest BCUT2D eigenvalue weighted by atomic mass is 9.95. The Balaban J connectivity index is 1.67. The third kappa shape index (κ3) is 4.64. The highest BCUT2D eigenvalue weighted by Gasteiger charge is 2.20. The summed E-state index contributed by atoms with van der Waals surface area (Å²) in [5, 5.41) is 41.4. The van der Waals surface area contributed by atoms with Gasteiger partial charge in [-0.2, -0.15) is 0 Å². The molecule has 0 heterocycles. The molecule has 0 saturated heterocycles. The Morgan fingerprint density at radius 1 is 0.556 bits per heavy atom. The van der Waals surface area contributed by atoms with Crippen molar-refractivity contribution in [3.05, 3.63) is 127 Å². The molecule has 0 atom stereocenters. The van der Waals surface area contributed by atoms with Gasteiger partial charge in [0, 0.05) is 34.4 Å². The van der Waals surface area contributed by atoms with Crippen molar-refractivity contribution in [3.8, 4) is 22.6 Å². The summed E-state index contributed by atoms with van der Waals surface area (Å²) < 4.78 is 0. The zero-order valence-corrected chi connectivity index (χ0v) is 18.3. The molecule has 0 aliphatic rings. The normalized spacial score (nSPS) is 10.6. The Hall–Kier alpha value is -5.38. The molecule has 10 heteroatoms. The Kier molecular flexibility index (Phi) is 6.25. The Bertz CT molecular complexity index is 1440. The van der Waals surface area contributed by atoms with Crippen LogP contribution in [0.1, 0.15) is 31.8 Å². The number of aromatic hydroxyl groups is 2. The molecule has 4 aromatic carbocycles. The van der Waals surface area contributed by atoms with Crippen LogP contribution in [0.15, 0.2) is 84.9 Å². The second-order valence-electron chi connectivity index (χ2n) is 7.74. The first kappa shape index (κ1) is 23.8. The predicted molar refractivity (Wildman–Crippen MR) is 128 cm³/mol. The quantitative estimate of drug-likeness (QED) is 0.209. The van der Waals surface area contributed by atoms with E-state index >= 15 is 0 Å². The van der Waals surface area contributed by atoms with Crippen LogP contribution in [-0.2, 0) is 0 Å². The lowest BCUT2D eigenvalue weighted by molar-refractivity contribution is -0.386. The van der Waals surface area contributed by atoms with Crippen molar-refractivity contribution in [2.45, 2.75) is 0 Å². The van der Waals surface area contributed by atoms with Crippen LogP contribution in [-0.4, -0.2) is 31.6 Å². The maximum Gasteiger partial charge on any atom is 0.311 e. The number of phenolic OH excluding ortho intramolecular Hbond substituents is 2. The van der Waals surface area contributed by atoms with E-state index in [0.29, 0.717) is 11.1 Å². The van der Waals surface area contributed by atoms with Crippen LogP contribution in [0.2, 0.25) is 0 Å². The molecular formula is C26H16N2O8. The van der Waals surface area contributed by atoms with E-state index in [1.54, 1.807) is 36.4 Å². The predicted octanol–water partition coefficient (Wildman–Crippen LogP) is 5.04. The van der Waals surface area contributed by atoms with Crippen molar-refractivity contribution >= 4 is 22.9 Å². The Morgan fingerprint density at radius 3 is 1.28 bits per heavy atom. The maximum absolute atomic E-state index is 13.0. The fourth-order valence-electron chi connectivity index (χ4n) is 3.64. The second-order valence-corrected chi connectivity index (χ2v) is 7.74. The molecule has 0 spiro atoms. The van der Waals surface area contributed by atoms with Gasteiger partial charge in [-0.1, -0.05) is 36.4 Å². The first-order valence-corrected chi connectivity index (χ1v) is 10.4. The molecule has 0 aromatic heterocycles. The van der Waals surface area contributed by atoms with Gasteiger partial charge in [0.25, 0.3) is 0 Å². The summed E-state index contributed by atoms with van der Waals surface area (Å²) >= 11 is 0. The first-order valence-electron chi connectivity index (χ1n) is 10.4. The second kappa shape index (κ2) is 9.47. The minimum atomic E-state index is -0.784. The lowest BCUT2D eigenvalue weighted by Gasteiger charge is -2.08. The first-order chi connectivity index (χ1) is 17.2. The highest BCUT2D eigenvalue weighted by atomic mass is 16.6. The third-order valence-electron chi connectivity index (χ3n) is 5.45. The van der Waals surface area contributed by atoms with Crippen LogP contribution in [0.3, 0.4) is 0 Å². The number of carbonyl (C=O) groups excluding carboxylic acids is 2. The van der Waals surface area contributed by atoms with Gasteiger partial charge >= 0.3 is 11.4 Å². The molecule has 36 heavy (non-hydrogen) atoms. The number of hydrogen-bond donors (Lipinski definition) is 2. The zero-order chi connectivity index (χ0) is 26.0. The smallest absolute Gasteiger partial charge is 0.311 e. The molecule has 0 unspecified atom stereocenters. The van der Waals surface area contributed by atoms with Crippen LogP contribution in [0.5, 0.6) is 11.5 Å². The fraction of sp³-hybridized carbons (Fsp3) is 0. The molecule has 0 aliphatic carbocycles. The Labute approximate surface area is 203 Å². The molecule has 0 radical (unpaired) electrons. The number of nitrogens with zero attached hydrogens (tertiary/aromatic N) is 2. The number of benzene rings is 4. The summed E-state index contributed by atoms with van der Waals surface area (Å²) in [5.41, 5.74) is 0.511. The average molecular weight is 484 g/mol. The van der Waals surface area contributed by atoms with E-state index in [2.05, 4.69) is 0 Å². The van der Waals surface area contributed by atoms with E-state index in [4.69, 9.17) is 0 Å². The van der Waals surface area contributed by atoms with Gasteiger partial charge in [-0.15, -0.1) is 0 Å². The van der Waals surface area contributed by atoms with Crippen molar-refractivity contribution in [1.29, 1.82) is 0 Å².